The number of hydrogen-bond acceptors (Lipinski definition) is 4. The normalized spacial score (nSPS) is 10.6. The van der Waals surface area contributed by atoms with Crippen LogP contribution in [0.5, 0.6) is 0 Å². The van der Waals surface area contributed by atoms with Gasteiger partial charge in [0.2, 0.25) is 5.91 Å². The van der Waals surface area contributed by atoms with Crippen molar-refractivity contribution in [3.63, 3.8) is 0 Å². The monoisotopic (exact) mass is 299 g/mol. The summed E-state index contributed by atoms with van der Waals surface area (Å²) in [5, 5.41) is 6.84. The van der Waals surface area contributed by atoms with Gasteiger partial charge in [-0.2, -0.15) is 5.10 Å². The topological polar surface area (TPSA) is 73.2 Å². The van der Waals surface area contributed by atoms with Crippen molar-refractivity contribution in [3.05, 3.63) is 54.4 Å². The summed E-state index contributed by atoms with van der Waals surface area (Å²) in [6.45, 7) is 0.249. The molecule has 0 unspecified atom stereocenters. The number of para-hydroxylation sites is 1. The van der Waals surface area contributed by atoms with E-state index in [0.29, 0.717) is 0 Å². The van der Waals surface area contributed by atoms with Crippen LogP contribution in [0.15, 0.2) is 48.8 Å². The van der Waals surface area contributed by atoms with Crippen LogP contribution in [0, 0.1) is 0 Å². The van der Waals surface area contributed by atoms with Crippen molar-refractivity contribution >= 4 is 18.0 Å². The van der Waals surface area contributed by atoms with Crippen LogP contribution in [0.25, 0.3) is 11.8 Å². The highest BCUT2D eigenvalue weighted by Crippen LogP contribution is 2.08. The lowest BCUT2D eigenvalue weighted by Crippen LogP contribution is -2.24. The molecule has 1 aromatic carbocycles. The molecule has 0 aliphatic rings. The minimum Gasteiger partial charge on any atom is -0.469 e. The van der Waals surface area contributed by atoms with Gasteiger partial charge in [0.15, 0.2) is 0 Å². The van der Waals surface area contributed by atoms with E-state index in [1.54, 1.807) is 17.0 Å². The molecule has 0 saturated carbocycles. The minimum atomic E-state index is -0.353. The van der Waals surface area contributed by atoms with E-state index in [1.807, 2.05) is 36.5 Å². The number of amides is 1. The van der Waals surface area contributed by atoms with E-state index in [-0.39, 0.29) is 24.8 Å². The summed E-state index contributed by atoms with van der Waals surface area (Å²) < 4.78 is 6.22. The molecule has 6 heteroatoms. The maximum Gasteiger partial charge on any atom is 0.307 e. The van der Waals surface area contributed by atoms with Crippen LogP contribution in [0.4, 0.5) is 0 Å². The van der Waals surface area contributed by atoms with E-state index in [1.165, 1.54) is 13.2 Å². The van der Waals surface area contributed by atoms with Crippen molar-refractivity contribution in [1.29, 1.82) is 0 Å². The largest absolute Gasteiger partial charge is 0.469 e. The fourth-order valence-electron chi connectivity index (χ4n) is 1.77. The Labute approximate surface area is 128 Å². The average molecular weight is 299 g/mol. The van der Waals surface area contributed by atoms with Gasteiger partial charge in [0, 0.05) is 24.4 Å². The molecule has 2 aromatic rings. The fourth-order valence-corrected chi connectivity index (χ4v) is 1.77. The number of aromatic nitrogens is 2. The molecule has 0 bridgehead atoms. The number of carbonyl (C=O) groups excluding carboxylic acids is 2. The Kier molecular flexibility index (Phi) is 5.48. The Morgan fingerprint density at radius 3 is 2.82 bits per heavy atom. The fraction of sp³-hybridized carbons (Fsp3) is 0.188. The zero-order chi connectivity index (χ0) is 15.8. The molecule has 1 heterocycles. The summed E-state index contributed by atoms with van der Waals surface area (Å²) in [6, 6.07) is 9.69. The number of rotatable bonds is 6. The quantitative estimate of drug-likeness (QED) is 0.649. The highest BCUT2D eigenvalue weighted by molar-refractivity contribution is 5.91. The summed E-state index contributed by atoms with van der Waals surface area (Å²) in [5.41, 5.74) is 1.76. The van der Waals surface area contributed by atoms with Crippen LogP contribution in [0.2, 0.25) is 0 Å². The van der Waals surface area contributed by atoms with Gasteiger partial charge in [-0.1, -0.05) is 18.2 Å². The van der Waals surface area contributed by atoms with E-state index in [9.17, 15) is 9.59 Å². The summed E-state index contributed by atoms with van der Waals surface area (Å²) >= 11 is 0. The number of ether oxygens (including phenoxy) is 1. The van der Waals surface area contributed by atoms with Gasteiger partial charge in [0.1, 0.15) is 0 Å². The summed E-state index contributed by atoms with van der Waals surface area (Å²) in [4.78, 5) is 22.5. The van der Waals surface area contributed by atoms with Gasteiger partial charge in [-0.3, -0.25) is 9.59 Å². The highest BCUT2D eigenvalue weighted by atomic mass is 16.5. The van der Waals surface area contributed by atoms with Gasteiger partial charge in [0.25, 0.3) is 0 Å². The van der Waals surface area contributed by atoms with Gasteiger partial charge in [-0.05, 0) is 18.2 Å². The number of benzene rings is 1. The summed E-state index contributed by atoms with van der Waals surface area (Å²) in [5.74, 6) is -0.621. The maximum atomic E-state index is 11.6. The van der Waals surface area contributed by atoms with Crippen LogP contribution in [-0.2, 0) is 14.3 Å². The van der Waals surface area contributed by atoms with Crippen molar-refractivity contribution in [1.82, 2.24) is 15.1 Å². The average Bonchev–Trinajstić information content (AvgIpc) is 3.02. The van der Waals surface area contributed by atoms with Gasteiger partial charge < -0.3 is 10.1 Å². The maximum absolute atomic E-state index is 11.6. The van der Waals surface area contributed by atoms with E-state index < -0.39 is 0 Å². The second-order valence-corrected chi connectivity index (χ2v) is 4.50. The third-order valence-electron chi connectivity index (χ3n) is 2.91. The molecule has 0 aliphatic heterocycles. The van der Waals surface area contributed by atoms with E-state index in [2.05, 4.69) is 15.2 Å². The summed E-state index contributed by atoms with van der Waals surface area (Å²) in [6.07, 6.45) is 6.73. The molecule has 0 radical (unpaired) electrons. The molecule has 0 saturated heterocycles. The SMILES string of the molecule is COC(=O)CCNC(=O)/C=C/c1cnn(-c2ccccc2)c1. The first-order valence-corrected chi connectivity index (χ1v) is 6.82. The van der Waals surface area contributed by atoms with Crippen LogP contribution >= 0.6 is 0 Å². The molecular weight excluding hydrogens is 282 g/mol. The molecule has 1 N–H and O–H groups in total. The standard InChI is InChI=1S/C16H17N3O3/c1-22-16(21)9-10-17-15(20)8-7-13-11-18-19(12-13)14-5-3-2-4-6-14/h2-8,11-12H,9-10H2,1H3,(H,17,20)/b8-7+. The van der Waals surface area contributed by atoms with Crippen LogP contribution in [0.1, 0.15) is 12.0 Å². The number of esters is 1. The van der Waals surface area contributed by atoms with E-state index in [0.717, 1.165) is 11.3 Å². The van der Waals surface area contributed by atoms with E-state index >= 15 is 0 Å². The number of nitrogens with one attached hydrogen (secondary N) is 1. The molecular formula is C16H17N3O3. The predicted octanol–water partition coefficient (Wildman–Crippen LogP) is 1.56. The van der Waals surface area contributed by atoms with Gasteiger partial charge in [-0.25, -0.2) is 4.68 Å². The second kappa shape index (κ2) is 7.78. The third kappa shape index (κ3) is 4.59. The van der Waals surface area contributed by atoms with Gasteiger partial charge in [-0.15, -0.1) is 0 Å². The molecule has 0 fully saturated rings. The van der Waals surface area contributed by atoms with Gasteiger partial charge >= 0.3 is 5.97 Å². The molecule has 2 rings (SSSR count). The number of carbonyl (C=O) groups is 2. The zero-order valence-corrected chi connectivity index (χ0v) is 12.2. The highest BCUT2D eigenvalue weighted by Gasteiger charge is 2.02. The first-order valence-electron chi connectivity index (χ1n) is 6.82. The number of nitrogens with zero attached hydrogens (tertiary/aromatic N) is 2. The number of methoxy groups -OCH3 is 1. The third-order valence-corrected chi connectivity index (χ3v) is 2.91. The Balaban J connectivity index is 1.87. The molecule has 114 valence electrons. The minimum absolute atomic E-state index is 0.155. The Hall–Kier alpha value is -2.89. The molecule has 0 spiro atoms. The second-order valence-electron chi connectivity index (χ2n) is 4.50. The summed E-state index contributed by atoms with van der Waals surface area (Å²) in [7, 11) is 1.31. The smallest absolute Gasteiger partial charge is 0.307 e. The molecule has 0 atom stereocenters. The molecule has 1 amide bonds. The zero-order valence-electron chi connectivity index (χ0n) is 12.2. The van der Waals surface area contributed by atoms with Crippen LogP contribution < -0.4 is 5.32 Å². The van der Waals surface area contributed by atoms with Crippen molar-refractivity contribution in [2.24, 2.45) is 0 Å². The molecule has 1 aromatic heterocycles. The molecule has 22 heavy (non-hydrogen) atoms. The number of hydrogen-bond donors (Lipinski definition) is 1. The Morgan fingerprint density at radius 1 is 1.32 bits per heavy atom. The van der Waals surface area contributed by atoms with Crippen molar-refractivity contribution in [2.45, 2.75) is 6.42 Å². The molecule has 0 aliphatic carbocycles. The van der Waals surface area contributed by atoms with E-state index in [4.69, 9.17) is 0 Å². The lowest BCUT2D eigenvalue weighted by atomic mass is 10.3. The predicted molar refractivity (Wildman–Crippen MR) is 82.2 cm³/mol. The van der Waals surface area contributed by atoms with Crippen LogP contribution in [-0.4, -0.2) is 35.3 Å². The van der Waals surface area contributed by atoms with Crippen LogP contribution in [0.3, 0.4) is 0 Å². The van der Waals surface area contributed by atoms with Crippen molar-refractivity contribution in [3.8, 4) is 5.69 Å². The van der Waals surface area contributed by atoms with Crippen molar-refractivity contribution in [2.75, 3.05) is 13.7 Å². The lowest BCUT2D eigenvalue weighted by Gasteiger charge is -2.00. The Morgan fingerprint density at radius 2 is 2.09 bits per heavy atom. The Bertz CT molecular complexity index is 662. The van der Waals surface area contributed by atoms with Gasteiger partial charge in [0.05, 0.1) is 25.4 Å². The first kappa shape index (κ1) is 15.5. The first-order chi connectivity index (χ1) is 10.7. The van der Waals surface area contributed by atoms with Crippen molar-refractivity contribution < 1.29 is 14.3 Å². The lowest BCUT2D eigenvalue weighted by molar-refractivity contribution is -0.140. The molecule has 6 nitrogen and oxygen atoms in total.